The van der Waals surface area contributed by atoms with Crippen LogP contribution in [0.3, 0.4) is 0 Å². The minimum Gasteiger partial charge on any atom is -0.310 e. The largest absolute Gasteiger partial charge is 0.310 e. The first-order chi connectivity index (χ1) is 9.54. The summed E-state index contributed by atoms with van der Waals surface area (Å²) in [6, 6.07) is 8.62. The summed E-state index contributed by atoms with van der Waals surface area (Å²) in [6.07, 6.45) is 0. The van der Waals surface area contributed by atoms with Crippen LogP contribution in [0.2, 0.25) is 0 Å². The first kappa shape index (κ1) is 14.6. The molecule has 0 amide bonds. The standard InChI is InChI=1S/C16H16F3N/c1-3-20-10(2)11-6-4-5-7-12(11)13-8-15(18)16(19)9-14(13)17/h4-10,20H,3H2,1-2H3. The van der Waals surface area contributed by atoms with Crippen LogP contribution in [0.4, 0.5) is 13.2 Å². The molecular weight excluding hydrogens is 263 g/mol. The second kappa shape index (κ2) is 6.09. The van der Waals surface area contributed by atoms with E-state index < -0.39 is 17.5 Å². The highest BCUT2D eigenvalue weighted by molar-refractivity contribution is 5.68. The van der Waals surface area contributed by atoms with Crippen molar-refractivity contribution in [2.75, 3.05) is 6.54 Å². The summed E-state index contributed by atoms with van der Waals surface area (Å²) >= 11 is 0. The molecule has 1 N–H and O–H groups in total. The lowest BCUT2D eigenvalue weighted by molar-refractivity contribution is 0.496. The van der Waals surface area contributed by atoms with E-state index in [0.29, 0.717) is 11.6 Å². The quantitative estimate of drug-likeness (QED) is 0.816. The molecule has 0 bridgehead atoms. The molecule has 1 atom stereocenters. The van der Waals surface area contributed by atoms with Crippen LogP contribution in [-0.2, 0) is 0 Å². The van der Waals surface area contributed by atoms with Gasteiger partial charge in [-0.05, 0) is 30.7 Å². The minimum absolute atomic E-state index is 0.0104. The monoisotopic (exact) mass is 279 g/mol. The van der Waals surface area contributed by atoms with Crippen LogP contribution in [0.25, 0.3) is 11.1 Å². The van der Waals surface area contributed by atoms with Gasteiger partial charge in [0, 0.05) is 17.7 Å². The molecule has 4 heteroatoms. The molecule has 0 fully saturated rings. The summed E-state index contributed by atoms with van der Waals surface area (Å²) in [5, 5.41) is 3.23. The second-order valence-corrected chi connectivity index (χ2v) is 4.61. The lowest BCUT2D eigenvalue weighted by Crippen LogP contribution is -2.18. The zero-order chi connectivity index (χ0) is 14.7. The van der Waals surface area contributed by atoms with Crippen molar-refractivity contribution in [3.8, 4) is 11.1 Å². The molecule has 2 aromatic rings. The molecule has 1 unspecified atom stereocenters. The highest BCUT2D eigenvalue weighted by atomic mass is 19.2. The van der Waals surface area contributed by atoms with E-state index in [4.69, 9.17) is 0 Å². The van der Waals surface area contributed by atoms with Gasteiger partial charge in [-0.2, -0.15) is 0 Å². The van der Waals surface area contributed by atoms with Crippen LogP contribution < -0.4 is 5.32 Å². The summed E-state index contributed by atoms with van der Waals surface area (Å²) in [5.41, 5.74) is 1.49. The van der Waals surface area contributed by atoms with Crippen LogP contribution in [0.5, 0.6) is 0 Å². The molecule has 0 saturated carbocycles. The molecule has 0 saturated heterocycles. The van der Waals surface area contributed by atoms with Crippen molar-refractivity contribution >= 4 is 0 Å². The second-order valence-electron chi connectivity index (χ2n) is 4.61. The molecule has 106 valence electrons. The topological polar surface area (TPSA) is 12.0 Å². The fraction of sp³-hybridized carbons (Fsp3) is 0.250. The third-order valence-electron chi connectivity index (χ3n) is 3.24. The van der Waals surface area contributed by atoms with Gasteiger partial charge < -0.3 is 5.32 Å². The first-order valence-corrected chi connectivity index (χ1v) is 6.51. The van der Waals surface area contributed by atoms with E-state index in [2.05, 4.69) is 5.32 Å². The molecule has 0 aliphatic carbocycles. The summed E-state index contributed by atoms with van der Waals surface area (Å²) in [4.78, 5) is 0. The number of hydrogen-bond donors (Lipinski definition) is 1. The van der Waals surface area contributed by atoms with Crippen molar-refractivity contribution in [2.45, 2.75) is 19.9 Å². The summed E-state index contributed by atoms with van der Waals surface area (Å²) in [6.45, 7) is 4.67. The van der Waals surface area contributed by atoms with Gasteiger partial charge in [-0.1, -0.05) is 31.2 Å². The molecule has 0 aliphatic heterocycles. The van der Waals surface area contributed by atoms with Gasteiger partial charge in [0.2, 0.25) is 0 Å². The molecule has 0 radical (unpaired) electrons. The Labute approximate surface area is 116 Å². The Hall–Kier alpha value is -1.81. The molecule has 0 aliphatic rings. The lowest BCUT2D eigenvalue weighted by Gasteiger charge is -2.17. The van der Waals surface area contributed by atoms with Gasteiger partial charge in [0.15, 0.2) is 11.6 Å². The number of rotatable bonds is 4. The van der Waals surface area contributed by atoms with Crippen LogP contribution in [0.15, 0.2) is 36.4 Å². The zero-order valence-corrected chi connectivity index (χ0v) is 11.4. The Balaban J connectivity index is 2.56. The SMILES string of the molecule is CCNC(C)c1ccccc1-c1cc(F)c(F)cc1F. The van der Waals surface area contributed by atoms with Crippen molar-refractivity contribution in [1.29, 1.82) is 0 Å². The van der Waals surface area contributed by atoms with E-state index >= 15 is 0 Å². The van der Waals surface area contributed by atoms with Crippen molar-refractivity contribution in [2.24, 2.45) is 0 Å². The fourth-order valence-electron chi connectivity index (χ4n) is 2.26. The molecule has 20 heavy (non-hydrogen) atoms. The van der Waals surface area contributed by atoms with Gasteiger partial charge in [-0.3, -0.25) is 0 Å². The normalized spacial score (nSPS) is 12.4. The third kappa shape index (κ3) is 2.85. The van der Waals surface area contributed by atoms with Gasteiger partial charge in [0.05, 0.1) is 0 Å². The maximum atomic E-state index is 13.9. The Morgan fingerprint density at radius 2 is 1.60 bits per heavy atom. The van der Waals surface area contributed by atoms with Crippen LogP contribution in [0, 0.1) is 17.5 Å². The zero-order valence-electron chi connectivity index (χ0n) is 11.4. The fourth-order valence-corrected chi connectivity index (χ4v) is 2.26. The van der Waals surface area contributed by atoms with Crippen molar-refractivity contribution in [3.05, 3.63) is 59.4 Å². The van der Waals surface area contributed by atoms with Gasteiger partial charge >= 0.3 is 0 Å². The number of halogens is 3. The molecule has 0 spiro atoms. The highest BCUT2D eigenvalue weighted by Crippen LogP contribution is 2.31. The Morgan fingerprint density at radius 3 is 2.30 bits per heavy atom. The number of nitrogens with one attached hydrogen (secondary N) is 1. The molecule has 0 aromatic heterocycles. The Bertz CT molecular complexity index is 611. The summed E-state index contributed by atoms with van der Waals surface area (Å²) in [5.74, 6) is -2.99. The van der Waals surface area contributed by atoms with Gasteiger partial charge in [0.1, 0.15) is 5.82 Å². The maximum Gasteiger partial charge on any atom is 0.161 e. The number of benzene rings is 2. The first-order valence-electron chi connectivity index (χ1n) is 6.51. The lowest BCUT2D eigenvalue weighted by atomic mass is 9.95. The summed E-state index contributed by atoms with van der Waals surface area (Å²) in [7, 11) is 0. The minimum atomic E-state index is -1.18. The van der Waals surface area contributed by atoms with Gasteiger partial charge in [-0.15, -0.1) is 0 Å². The number of hydrogen-bond acceptors (Lipinski definition) is 1. The van der Waals surface area contributed by atoms with E-state index in [-0.39, 0.29) is 11.6 Å². The molecule has 1 nitrogen and oxygen atoms in total. The van der Waals surface area contributed by atoms with E-state index in [1.807, 2.05) is 26.0 Å². The molecular formula is C16H16F3N. The van der Waals surface area contributed by atoms with Crippen molar-refractivity contribution in [1.82, 2.24) is 5.32 Å². The molecule has 0 heterocycles. The van der Waals surface area contributed by atoms with Crippen LogP contribution in [-0.4, -0.2) is 6.54 Å². The Morgan fingerprint density at radius 1 is 0.950 bits per heavy atom. The molecule has 2 rings (SSSR count). The predicted octanol–water partition coefficient (Wildman–Crippen LogP) is 4.44. The maximum absolute atomic E-state index is 13.9. The third-order valence-corrected chi connectivity index (χ3v) is 3.24. The van der Waals surface area contributed by atoms with Crippen LogP contribution >= 0.6 is 0 Å². The van der Waals surface area contributed by atoms with Crippen molar-refractivity contribution in [3.63, 3.8) is 0 Å². The van der Waals surface area contributed by atoms with Crippen LogP contribution in [0.1, 0.15) is 25.5 Å². The average Bonchev–Trinajstić information content (AvgIpc) is 2.43. The van der Waals surface area contributed by atoms with E-state index in [1.54, 1.807) is 12.1 Å². The molecule has 2 aromatic carbocycles. The predicted molar refractivity (Wildman–Crippen MR) is 73.8 cm³/mol. The van der Waals surface area contributed by atoms with Gasteiger partial charge in [0.25, 0.3) is 0 Å². The summed E-state index contributed by atoms with van der Waals surface area (Å²) < 4.78 is 40.3. The van der Waals surface area contributed by atoms with Gasteiger partial charge in [-0.25, -0.2) is 13.2 Å². The Kier molecular flexibility index (Phi) is 4.45. The average molecular weight is 279 g/mol. The van der Waals surface area contributed by atoms with Crippen molar-refractivity contribution < 1.29 is 13.2 Å². The smallest absolute Gasteiger partial charge is 0.161 e. The van der Waals surface area contributed by atoms with E-state index in [9.17, 15) is 13.2 Å². The highest BCUT2D eigenvalue weighted by Gasteiger charge is 2.16. The van der Waals surface area contributed by atoms with E-state index in [0.717, 1.165) is 18.2 Å². The van der Waals surface area contributed by atoms with E-state index in [1.165, 1.54) is 0 Å².